The fraction of sp³-hybridized carbons (Fsp3) is 0.647. The number of benzene rings is 1. The molecule has 0 aliphatic carbocycles. The van der Waals surface area contributed by atoms with Crippen LogP contribution in [0.25, 0.3) is 0 Å². The third-order valence-electron chi connectivity index (χ3n) is 4.54. The summed E-state index contributed by atoms with van der Waals surface area (Å²) in [7, 11) is 0. The van der Waals surface area contributed by atoms with Crippen molar-refractivity contribution in [1.29, 1.82) is 0 Å². The zero-order valence-electron chi connectivity index (χ0n) is 13.2. The number of hydrogen-bond acceptors (Lipinski definition) is 4. The van der Waals surface area contributed by atoms with Crippen LogP contribution < -0.4 is 10.5 Å². The van der Waals surface area contributed by atoms with Gasteiger partial charge >= 0.3 is 0 Å². The Balaban J connectivity index is 0.00000176. The number of ether oxygens (including phenoxy) is 2. The second kappa shape index (κ2) is 8.16. The third-order valence-corrected chi connectivity index (χ3v) is 4.54. The molecule has 4 nitrogen and oxygen atoms in total. The molecule has 2 saturated heterocycles. The van der Waals surface area contributed by atoms with Gasteiger partial charge in [0.05, 0.1) is 6.10 Å². The van der Waals surface area contributed by atoms with Crippen molar-refractivity contribution in [1.82, 2.24) is 4.90 Å². The van der Waals surface area contributed by atoms with Crippen LogP contribution in [0.3, 0.4) is 0 Å². The molecule has 5 heteroatoms. The summed E-state index contributed by atoms with van der Waals surface area (Å²) in [6, 6.07) is 8.74. The molecule has 1 aromatic carbocycles. The molecule has 2 N–H and O–H groups in total. The summed E-state index contributed by atoms with van der Waals surface area (Å²) < 4.78 is 11.4. The monoisotopic (exact) mass is 326 g/mol. The average molecular weight is 327 g/mol. The van der Waals surface area contributed by atoms with Gasteiger partial charge in [0, 0.05) is 32.3 Å². The zero-order valence-corrected chi connectivity index (χ0v) is 14.1. The molecule has 2 aliphatic heterocycles. The highest BCUT2D eigenvalue weighted by molar-refractivity contribution is 5.85. The Hall–Kier alpha value is -0.810. The van der Waals surface area contributed by atoms with Crippen LogP contribution >= 0.6 is 12.4 Å². The van der Waals surface area contributed by atoms with E-state index in [1.165, 1.54) is 5.56 Å². The fourth-order valence-corrected chi connectivity index (χ4v) is 3.14. The van der Waals surface area contributed by atoms with E-state index in [9.17, 15) is 0 Å². The molecular weight excluding hydrogens is 300 g/mol. The summed E-state index contributed by atoms with van der Waals surface area (Å²) >= 11 is 0. The topological polar surface area (TPSA) is 47.7 Å². The van der Waals surface area contributed by atoms with E-state index < -0.39 is 0 Å². The molecule has 0 amide bonds. The van der Waals surface area contributed by atoms with Gasteiger partial charge in [0.25, 0.3) is 0 Å². The van der Waals surface area contributed by atoms with E-state index >= 15 is 0 Å². The summed E-state index contributed by atoms with van der Waals surface area (Å²) in [5, 5.41) is 0. The van der Waals surface area contributed by atoms with E-state index in [2.05, 4.69) is 36.1 Å². The van der Waals surface area contributed by atoms with E-state index in [4.69, 9.17) is 15.2 Å². The summed E-state index contributed by atoms with van der Waals surface area (Å²) in [5.41, 5.74) is 7.39. The second-order valence-corrected chi connectivity index (χ2v) is 6.43. The Bertz CT molecular complexity index is 438. The Morgan fingerprint density at radius 2 is 2.05 bits per heavy atom. The van der Waals surface area contributed by atoms with E-state index in [0.717, 1.165) is 44.8 Å². The molecule has 0 bridgehead atoms. The first kappa shape index (κ1) is 17.5. The first-order valence-electron chi connectivity index (χ1n) is 8.02. The van der Waals surface area contributed by atoms with Crippen LogP contribution in [0, 0.1) is 5.92 Å². The largest absolute Gasteiger partial charge is 0.491 e. The number of rotatable bonds is 5. The summed E-state index contributed by atoms with van der Waals surface area (Å²) in [6.45, 7) is 6.84. The molecule has 1 aromatic rings. The van der Waals surface area contributed by atoms with Gasteiger partial charge < -0.3 is 15.2 Å². The molecule has 3 rings (SSSR count). The number of hydrogen-bond donors (Lipinski definition) is 1. The lowest BCUT2D eigenvalue weighted by atomic mass is 10.1. The smallest absolute Gasteiger partial charge is 0.119 e. The van der Waals surface area contributed by atoms with Crippen LogP contribution in [0.4, 0.5) is 0 Å². The SMILES string of the molecule is CC1CN(Cc2ccc(OCC3CCCO3)cc2)CC1N.Cl. The van der Waals surface area contributed by atoms with Gasteiger partial charge in [0.2, 0.25) is 0 Å². The first-order valence-corrected chi connectivity index (χ1v) is 8.02. The fourth-order valence-electron chi connectivity index (χ4n) is 3.14. The van der Waals surface area contributed by atoms with E-state index in [1.807, 2.05) is 0 Å². The molecule has 3 atom stereocenters. The van der Waals surface area contributed by atoms with Gasteiger partial charge in [-0.3, -0.25) is 4.90 Å². The molecule has 22 heavy (non-hydrogen) atoms. The maximum Gasteiger partial charge on any atom is 0.119 e. The standard InChI is InChI=1S/C17H26N2O2.ClH/c1-13-9-19(11-17(13)18)10-14-4-6-15(7-5-14)21-12-16-3-2-8-20-16;/h4-7,13,16-17H,2-3,8-12,18H2,1H3;1H. The molecule has 2 heterocycles. The highest BCUT2D eigenvalue weighted by atomic mass is 35.5. The van der Waals surface area contributed by atoms with Crippen LogP contribution in [0.15, 0.2) is 24.3 Å². The Labute approximate surface area is 139 Å². The van der Waals surface area contributed by atoms with Crippen LogP contribution in [-0.2, 0) is 11.3 Å². The van der Waals surface area contributed by atoms with Gasteiger partial charge in [-0.1, -0.05) is 19.1 Å². The Morgan fingerprint density at radius 1 is 1.27 bits per heavy atom. The van der Waals surface area contributed by atoms with E-state index in [1.54, 1.807) is 0 Å². The van der Waals surface area contributed by atoms with Crippen molar-refractivity contribution < 1.29 is 9.47 Å². The lowest BCUT2D eigenvalue weighted by molar-refractivity contribution is 0.0679. The predicted octanol–water partition coefficient (Wildman–Crippen LogP) is 2.45. The van der Waals surface area contributed by atoms with Crippen molar-refractivity contribution in [2.45, 2.75) is 38.5 Å². The van der Waals surface area contributed by atoms with Crippen LogP contribution in [0.2, 0.25) is 0 Å². The van der Waals surface area contributed by atoms with E-state index in [0.29, 0.717) is 18.6 Å². The number of halogens is 1. The molecule has 2 fully saturated rings. The maximum atomic E-state index is 6.07. The molecule has 0 saturated carbocycles. The van der Waals surface area contributed by atoms with Gasteiger partial charge in [-0.25, -0.2) is 0 Å². The summed E-state index contributed by atoms with van der Waals surface area (Å²) in [6.07, 6.45) is 2.55. The van der Waals surface area contributed by atoms with Gasteiger partial charge in [-0.05, 0) is 36.5 Å². The van der Waals surface area contributed by atoms with E-state index in [-0.39, 0.29) is 18.5 Å². The second-order valence-electron chi connectivity index (χ2n) is 6.43. The average Bonchev–Trinajstić information content (AvgIpc) is 3.09. The van der Waals surface area contributed by atoms with Crippen LogP contribution in [0.5, 0.6) is 5.75 Å². The van der Waals surface area contributed by atoms with Gasteiger partial charge in [0.1, 0.15) is 12.4 Å². The van der Waals surface area contributed by atoms with Crippen molar-refractivity contribution in [3.63, 3.8) is 0 Å². The van der Waals surface area contributed by atoms with Crippen molar-refractivity contribution in [3.8, 4) is 5.75 Å². The number of nitrogens with zero attached hydrogens (tertiary/aromatic N) is 1. The normalized spacial score (nSPS) is 28.5. The minimum absolute atomic E-state index is 0. The third kappa shape index (κ3) is 4.59. The minimum atomic E-state index is 0. The van der Waals surface area contributed by atoms with Crippen LogP contribution in [0.1, 0.15) is 25.3 Å². The van der Waals surface area contributed by atoms with Crippen molar-refractivity contribution in [2.24, 2.45) is 11.7 Å². The van der Waals surface area contributed by atoms with Crippen molar-refractivity contribution >= 4 is 12.4 Å². The maximum absolute atomic E-state index is 6.07. The molecule has 0 radical (unpaired) electrons. The molecule has 0 aromatic heterocycles. The van der Waals surface area contributed by atoms with Gasteiger partial charge in [0.15, 0.2) is 0 Å². The lowest BCUT2D eigenvalue weighted by Gasteiger charge is -2.16. The number of nitrogens with two attached hydrogens (primary N) is 1. The Morgan fingerprint density at radius 3 is 2.64 bits per heavy atom. The van der Waals surface area contributed by atoms with Crippen LogP contribution in [-0.4, -0.2) is 43.3 Å². The summed E-state index contributed by atoms with van der Waals surface area (Å²) in [4.78, 5) is 2.43. The minimum Gasteiger partial charge on any atom is -0.491 e. The van der Waals surface area contributed by atoms with Gasteiger partial charge in [-0.2, -0.15) is 0 Å². The predicted molar refractivity (Wildman–Crippen MR) is 90.6 cm³/mol. The Kier molecular flexibility index (Phi) is 6.50. The van der Waals surface area contributed by atoms with Crippen molar-refractivity contribution in [3.05, 3.63) is 29.8 Å². The quantitative estimate of drug-likeness (QED) is 0.903. The molecule has 124 valence electrons. The molecule has 3 unspecified atom stereocenters. The number of likely N-dealkylation sites (tertiary alicyclic amines) is 1. The first-order chi connectivity index (χ1) is 10.2. The highest BCUT2D eigenvalue weighted by Crippen LogP contribution is 2.20. The molecule has 0 spiro atoms. The lowest BCUT2D eigenvalue weighted by Crippen LogP contribution is -2.28. The van der Waals surface area contributed by atoms with Crippen molar-refractivity contribution in [2.75, 3.05) is 26.3 Å². The van der Waals surface area contributed by atoms with Gasteiger partial charge in [-0.15, -0.1) is 12.4 Å². The zero-order chi connectivity index (χ0) is 14.7. The molecule has 2 aliphatic rings. The highest BCUT2D eigenvalue weighted by Gasteiger charge is 2.26. The summed E-state index contributed by atoms with van der Waals surface area (Å²) in [5.74, 6) is 1.53. The molecular formula is C17H27ClN2O2.